The number of rotatable bonds is 4. The average molecular weight is 493 g/mol. The molecular weight excluding hydrogens is 466 g/mol. The number of nitrogens with zero attached hydrogens (tertiary/aromatic N) is 6. The summed E-state index contributed by atoms with van der Waals surface area (Å²) in [7, 11) is 1.63. The molecule has 36 heavy (non-hydrogen) atoms. The van der Waals surface area contributed by atoms with Crippen molar-refractivity contribution in [3.8, 4) is 11.1 Å². The van der Waals surface area contributed by atoms with E-state index in [1.807, 2.05) is 28.9 Å². The zero-order valence-corrected chi connectivity index (χ0v) is 20.3. The van der Waals surface area contributed by atoms with Crippen LogP contribution >= 0.6 is 0 Å². The van der Waals surface area contributed by atoms with E-state index in [1.165, 1.54) is 16.7 Å². The first-order valence-corrected chi connectivity index (χ1v) is 12.1. The molecule has 0 radical (unpaired) electrons. The number of hydrogen-bond acceptors (Lipinski definition) is 6. The lowest BCUT2D eigenvalue weighted by Gasteiger charge is -2.37. The van der Waals surface area contributed by atoms with Gasteiger partial charge in [0, 0.05) is 42.5 Å². The number of hydrogen-bond donors (Lipinski definition) is 0. The highest BCUT2D eigenvalue weighted by Crippen LogP contribution is 2.37. The van der Waals surface area contributed by atoms with Crippen LogP contribution in [0.25, 0.3) is 22.2 Å². The summed E-state index contributed by atoms with van der Waals surface area (Å²) in [6, 6.07) is 5.60. The molecule has 0 bridgehead atoms. The van der Waals surface area contributed by atoms with Crippen molar-refractivity contribution in [3.63, 3.8) is 0 Å². The third-order valence-corrected chi connectivity index (χ3v) is 6.97. The molecule has 4 heterocycles. The Morgan fingerprint density at radius 1 is 1.06 bits per heavy atom. The summed E-state index contributed by atoms with van der Waals surface area (Å²) in [5.41, 5.74) is 1.63. The monoisotopic (exact) mass is 492 g/mol. The molecule has 2 aliphatic rings. The van der Waals surface area contributed by atoms with Crippen LogP contribution in [0.5, 0.6) is 0 Å². The van der Waals surface area contributed by atoms with E-state index >= 15 is 0 Å². The van der Waals surface area contributed by atoms with Crippen LogP contribution in [0.4, 0.5) is 14.6 Å². The summed E-state index contributed by atoms with van der Waals surface area (Å²) < 4.78 is 38.2. The van der Waals surface area contributed by atoms with Gasteiger partial charge in [-0.1, -0.05) is 0 Å². The van der Waals surface area contributed by atoms with Crippen molar-refractivity contribution >= 4 is 16.9 Å². The fraction of sp³-hybridized carbons (Fsp3) is 0.385. The second-order valence-corrected chi connectivity index (χ2v) is 9.70. The van der Waals surface area contributed by atoms with Gasteiger partial charge in [0.15, 0.2) is 5.52 Å². The van der Waals surface area contributed by atoms with Gasteiger partial charge >= 0.3 is 0 Å². The zero-order chi connectivity index (χ0) is 25.1. The second-order valence-electron chi connectivity index (χ2n) is 9.70. The second kappa shape index (κ2) is 8.48. The standard InChI is InChI=1S/C26H26F2N6O2/c1-14-11-33(13-22(36-14)16-10-29-34(12-16)18-5-6-18)23-9-20(19-7-4-17(27)8-21(19)28)24-25(31-23)26(35)32(3)15(2)30-24/h4,7-10,12,14,18,22H,5-6,11,13H2,1-3H3. The van der Waals surface area contributed by atoms with E-state index in [9.17, 15) is 13.6 Å². The molecule has 1 saturated carbocycles. The average Bonchev–Trinajstić information content (AvgIpc) is 3.58. The molecule has 0 spiro atoms. The van der Waals surface area contributed by atoms with Crippen LogP contribution < -0.4 is 10.5 Å². The van der Waals surface area contributed by atoms with E-state index in [4.69, 9.17) is 9.72 Å². The van der Waals surface area contributed by atoms with Gasteiger partial charge in [-0.3, -0.25) is 14.0 Å². The number of anilines is 1. The van der Waals surface area contributed by atoms with Crippen molar-refractivity contribution in [2.75, 3.05) is 18.0 Å². The van der Waals surface area contributed by atoms with Gasteiger partial charge in [-0.25, -0.2) is 18.7 Å². The summed E-state index contributed by atoms with van der Waals surface area (Å²) in [6.45, 7) is 4.71. The Kier molecular flexibility index (Phi) is 5.36. The summed E-state index contributed by atoms with van der Waals surface area (Å²) in [5, 5.41) is 4.50. The lowest BCUT2D eigenvalue weighted by molar-refractivity contribution is -0.0176. The van der Waals surface area contributed by atoms with Gasteiger partial charge in [0.25, 0.3) is 5.56 Å². The Bertz CT molecular complexity index is 1540. The molecule has 1 aliphatic carbocycles. The van der Waals surface area contributed by atoms with E-state index < -0.39 is 11.6 Å². The van der Waals surface area contributed by atoms with Crippen molar-refractivity contribution in [1.82, 2.24) is 24.3 Å². The first-order valence-electron chi connectivity index (χ1n) is 12.1. The van der Waals surface area contributed by atoms with Crippen LogP contribution in [-0.4, -0.2) is 43.5 Å². The number of fused-ring (bicyclic) bond motifs is 1. The SMILES string of the molecule is Cc1nc2c(-c3ccc(F)cc3F)cc(N3CC(C)OC(c4cnn(C5CC5)c4)C3)nc2c(=O)n1C. The number of ether oxygens (including phenoxy) is 1. The molecule has 6 rings (SSSR count). The van der Waals surface area contributed by atoms with Gasteiger partial charge in [0.1, 0.15) is 34.9 Å². The third-order valence-electron chi connectivity index (χ3n) is 6.97. The number of pyridine rings is 1. The van der Waals surface area contributed by atoms with Crippen LogP contribution in [0.3, 0.4) is 0 Å². The van der Waals surface area contributed by atoms with Gasteiger partial charge in [0.2, 0.25) is 0 Å². The van der Waals surface area contributed by atoms with E-state index in [1.54, 1.807) is 20.0 Å². The molecule has 3 aromatic heterocycles. The highest BCUT2D eigenvalue weighted by molar-refractivity contribution is 5.93. The highest BCUT2D eigenvalue weighted by atomic mass is 19.1. The van der Waals surface area contributed by atoms with E-state index in [-0.39, 0.29) is 34.4 Å². The Labute approximate surface area is 206 Å². The van der Waals surface area contributed by atoms with Crippen molar-refractivity contribution in [1.29, 1.82) is 0 Å². The fourth-order valence-electron chi connectivity index (χ4n) is 4.79. The number of halogens is 2. The topological polar surface area (TPSA) is 78.1 Å². The quantitative estimate of drug-likeness (QED) is 0.427. The smallest absolute Gasteiger partial charge is 0.279 e. The van der Waals surface area contributed by atoms with Gasteiger partial charge in [-0.15, -0.1) is 0 Å². The minimum absolute atomic E-state index is 0.115. The largest absolute Gasteiger partial charge is 0.367 e. The van der Waals surface area contributed by atoms with Crippen LogP contribution in [0.1, 0.15) is 43.3 Å². The molecule has 10 heteroatoms. The first-order chi connectivity index (χ1) is 17.3. The van der Waals surface area contributed by atoms with E-state index in [2.05, 4.69) is 10.1 Å². The molecule has 8 nitrogen and oxygen atoms in total. The number of morpholine rings is 1. The van der Waals surface area contributed by atoms with Gasteiger partial charge in [-0.05, 0) is 44.9 Å². The van der Waals surface area contributed by atoms with Crippen molar-refractivity contribution < 1.29 is 13.5 Å². The first kappa shape index (κ1) is 22.8. The van der Waals surface area contributed by atoms with Crippen molar-refractivity contribution in [2.24, 2.45) is 7.05 Å². The Morgan fingerprint density at radius 3 is 2.61 bits per heavy atom. The number of benzene rings is 1. The maximum absolute atomic E-state index is 14.9. The fourth-order valence-corrected chi connectivity index (χ4v) is 4.79. The maximum Gasteiger partial charge on any atom is 0.279 e. The van der Waals surface area contributed by atoms with E-state index in [0.29, 0.717) is 36.3 Å². The Balaban J connectivity index is 1.47. The minimum atomic E-state index is -0.728. The number of aryl methyl sites for hydroxylation is 1. The molecule has 4 aromatic rings. The van der Waals surface area contributed by atoms with Crippen molar-refractivity contribution in [2.45, 2.75) is 44.9 Å². The highest BCUT2D eigenvalue weighted by Gasteiger charge is 2.31. The van der Waals surface area contributed by atoms with Gasteiger partial charge < -0.3 is 9.64 Å². The summed E-state index contributed by atoms with van der Waals surface area (Å²) >= 11 is 0. The van der Waals surface area contributed by atoms with Gasteiger partial charge in [0.05, 0.1) is 24.9 Å². The summed E-state index contributed by atoms with van der Waals surface area (Å²) in [6.07, 6.45) is 5.81. The molecule has 2 atom stereocenters. The normalized spacial score (nSPS) is 20.3. The van der Waals surface area contributed by atoms with Crippen LogP contribution in [0.15, 0.2) is 41.5 Å². The van der Waals surface area contributed by atoms with Crippen LogP contribution in [0.2, 0.25) is 0 Å². The zero-order valence-electron chi connectivity index (χ0n) is 20.3. The van der Waals surface area contributed by atoms with Gasteiger partial charge in [-0.2, -0.15) is 5.10 Å². The molecule has 186 valence electrons. The minimum Gasteiger partial charge on any atom is -0.367 e. The predicted octanol–water partition coefficient (Wildman–Crippen LogP) is 4.08. The lowest BCUT2D eigenvalue weighted by atomic mass is 10.0. The summed E-state index contributed by atoms with van der Waals surface area (Å²) in [5.74, 6) is -0.418. The molecule has 0 amide bonds. The summed E-state index contributed by atoms with van der Waals surface area (Å²) in [4.78, 5) is 24.5. The number of aromatic nitrogens is 5. The molecule has 1 aliphatic heterocycles. The molecule has 1 saturated heterocycles. The van der Waals surface area contributed by atoms with Crippen molar-refractivity contribution in [3.05, 3.63) is 70.0 Å². The molecule has 2 unspecified atom stereocenters. The molecular formula is C26H26F2N6O2. The van der Waals surface area contributed by atoms with Crippen LogP contribution in [0, 0.1) is 18.6 Å². The molecule has 0 N–H and O–H groups in total. The molecule has 2 fully saturated rings. The van der Waals surface area contributed by atoms with Crippen LogP contribution in [-0.2, 0) is 11.8 Å². The Hall–Kier alpha value is -3.66. The maximum atomic E-state index is 14.9. The third kappa shape index (κ3) is 3.95. The van der Waals surface area contributed by atoms with E-state index in [0.717, 1.165) is 24.5 Å². The Morgan fingerprint density at radius 2 is 1.86 bits per heavy atom. The predicted molar refractivity (Wildman–Crippen MR) is 131 cm³/mol. The lowest BCUT2D eigenvalue weighted by Crippen LogP contribution is -2.43. The molecule has 1 aromatic carbocycles.